The maximum absolute atomic E-state index is 12.1. The van der Waals surface area contributed by atoms with E-state index in [0.717, 1.165) is 13.0 Å². The fraction of sp³-hybridized carbons (Fsp3) is 0.500. The molecule has 1 fully saturated rings. The summed E-state index contributed by atoms with van der Waals surface area (Å²) in [7, 11) is 0. The lowest BCUT2D eigenvalue weighted by Gasteiger charge is -2.21. The first-order valence-electron chi connectivity index (χ1n) is 6.48. The van der Waals surface area contributed by atoms with Gasteiger partial charge in [0.25, 0.3) is 5.91 Å². The molecule has 1 amide bonds. The van der Waals surface area contributed by atoms with Crippen molar-refractivity contribution in [3.8, 4) is 5.75 Å². The number of carbonyl (C=O) groups is 1. The topological polar surface area (TPSA) is 55.6 Å². The largest absolute Gasteiger partial charge is 0.484 e. The van der Waals surface area contributed by atoms with Crippen molar-refractivity contribution < 1.29 is 9.53 Å². The van der Waals surface area contributed by atoms with Crippen molar-refractivity contribution in [2.75, 3.05) is 19.7 Å². The molecule has 2 rings (SSSR count). The van der Waals surface area contributed by atoms with Crippen LogP contribution in [0.15, 0.2) is 24.3 Å². The van der Waals surface area contributed by atoms with E-state index in [4.69, 9.17) is 22.1 Å². The van der Waals surface area contributed by atoms with Crippen LogP contribution in [0.4, 0.5) is 0 Å². The predicted molar refractivity (Wildman–Crippen MR) is 75.3 cm³/mol. The van der Waals surface area contributed by atoms with Gasteiger partial charge in [0, 0.05) is 17.6 Å². The molecule has 1 aromatic carbocycles. The normalized spacial score (nSPS) is 22.6. The second-order valence-electron chi connectivity index (χ2n) is 4.98. The van der Waals surface area contributed by atoms with Crippen LogP contribution >= 0.6 is 11.6 Å². The van der Waals surface area contributed by atoms with Gasteiger partial charge in [0.15, 0.2) is 6.61 Å². The molecule has 0 spiro atoms. The van der Waals surface area contributed by atoms with Crippen molar-refractivity contribution in [3.63, 3.8) is 0 Å². The van der Waals surface area contributed by atoms with Crippen LogP contribution in [0.5, 0.6) is 5.75 Å². The molecule has 1 heterocycles. The summed E-state index contributed by atoms with van der Waals surface area (Å²) >= 11 is 5.79. The zero-order valence-electron chi connectivity index (χ0n) is 11.0. The van der Waals surface area contributed by atoms with E-state index >= 15 is 0 Å². The second kappa shape index (κ2) is 6.26. The lowest BCUT2D eigenvalue weighted by atomic mass is 10.1. The molecule has 0 radical (unpaired) electrons. The molecule has 0 bridgehead atoms. The third kappa shape index (κ3) is 3.61. The van der Waals surface area contributed by atoms with Gasteiger partial charge >= 0.3 is 0 Å². The Morgan fingerprint density at radius 3 is 2.74 bits per heavy atom. The molecule has 104 valence electrons. The van der Waals surface area contributed by atoms with E-state index in [2.05, 4.69) is 6.92 Å². The summed E-state index contributed by atoms with van der Waals surface area (Å²) in [5.74, 6) is 1.08. The van der Waals surface area contributed by atoms with Crippen molar-refractivity contribution in [2.24, 2.45) is 11.7 Å². The van der Waals surface area contributed by atoms with E-state index < -0.39 is 0 Å². The number of nitrogens with zero attached hydrogens (tertiary/aromatic N) is 1. The van der Waals surface area contributed by atoms with Crippen LogP contribution in [0.1, 0.15) is 13.3 Å². The second-order valence-corrected chi connectivity index (χ2v) is 5.41. The molecule has 2 N–H and O–H groups in total. The molecule has 5 heteroatoms. The molecule has 2 atom stereocenters. The van der Waals surface area contributed by atoms with Crippen LogP contribution < -0.4 is 10.5 Å². The van der Waals surface area contributed by atoms with Gasteiger partial charge in [0.05, 0.1) is 0 Å². The quantitative estimate of drug-likeness (QED) is 0.918. The zero-order valence-corrected chi connectivity index (χ0v) is 11.8. The van der Waals surface area contributed by atoms with E-state index in [0.29, 0.717) is 23.2 Å². The number of ether oxygens (including phenoxy) is 1. The minimum atomic E-state index is 0.0124. The summed E-state index contributed by atoms with van der Waals surface area (Å²) in [6.07, 6.45) is 0.975. The van der Waals surface area contributed by atoms with Crippen LogP contribution in [0.2, 0.25) is 5.02 Å². The van der Waals surface area contributed by atoms with E-state index in [1.807, 2.05) is 4.90 Å². The van der Waals surface area contributed by atoms with Crippen LogP contribution in [0.3, 0.4) is 0 Å². The molecule has 19 heavy (non-hydrogen) atoms. The Labute approximate surface area is 118 Å². The number of halogens is 1. The van der Waals surface area contributed by atoms with Crippen LogP contribution in [0.25, 0.3) is 0 Å². The Bertz CT molecular complexity index is 436. The summed E-state index contributed by atoms with van der Waals surface area (Å²) in [6, 6.07) is 7.24. The molecule has 1 aromatic rings. The summed E-state index contributed by atoms with van der Waals surface area (Å²) in [6.45, 7) is 3.48. The summed E-state index contributed by atoms with van der Waals surface area (Å²) in [4.78, 5) is 13.9. The number of likely N-dealkylation sites (tertiary alicyclic amines) is 1. The molecule has 4 nitrogen and oxygen atoms in total. The molecule has 0 aromatic heterocycles. The minimum Gasteiger partial charge on any atom is -0.484 e. The Balaban J connectivity index is 1.86. The number of benzene rings is 1. The fourth-order valence-corrected chi connectivity index (χ4v) is 2.55. The van der Waals surface area contributed by atoms with Gasteiger partial charge < -0.3 is 15.4 Å². The summed E-state index contributed by atoms with van der Waals surface area (Å²) < 4.78 is 5.47. The van der Waals surface area contributed by atoms with Gasteiger partial charge in [-0.15, -0.1) is 0 Å². The van der Waals surface area contributed by atoms with Crippen molar-refractivity contribution >= 4 is 17.5 Å². The van der Waals surface area contributed by atoms with Gasteiger partial charge in [0.1, 0.15) is 5.75 Å². The average molecular weight is 283 g/mol. The standard InChI is InChI=1S/C14H19ClN2O2/c1-10-6-11(7-16)8-17(10)14(18)9-19-13-4-2-12(15)3-5-13/h2-5,10-11H,6-9,16H2,1H3. The van der Waals surface area contributed by atoms with Crippen molar-refractivity contribution in [1.29, 1.82) is 0 Å². The predicted octanol–water partition coefficient (Wildman–Crippen LogP) is 1.91. The SMILES string of the molecule is CC1CC(CN)CN1C(=O)COc1ccc(Cl)cc1. The maximum Gasteiger partial charge on any atom is 0.260 e. The third-order valence-electron chi connectivity index (χ3n) is 3.49. The van der Waals surface area contributed by atoms with Gasteiger partial charge in [0.2, 0.25) is 0 Å². The lowest BCUT2D eigenvalue weighted by molar-refractivity contribution is -0.134. The molecule has 1 saturated heterocycles. The van der Waals surface area contributed by atoms with Crippen molar-refractivity contribution in [2.45, 2.75) is 19.4 Å². The lowest BCUT2D eigenvalue weighted by Crippen LogP contribution is -2.37. The van der Waals surface area contributed by atoms with E-state index in [9.17, 15) is 4.79 Å². The first-order valence-corrected chi connectivity index (χ1v) is 6.86. The van der Waals surface area contributed by atoms with E-state index in [-0.39, 0.29) is 18.6 Å². The smallest absolute Gasteiger partial charge is 0.260 e. The number of rotatable bonds is 4. The van der Waals surface area contributed by atoms with Gasteiger partial charge in [-0.25, -0.2) is 0 Å². The monoisotopic (exact) mass is 282 g/mol. The fourth-order valence-electron chi connectivity index (χ4n) is 2.42. The molecule has 0 aliphatic carbocycles. The molecular formula is C14H19ClN2O2. The molecular weight excluding hydrogens is 264 g/mol. The first-order chi connectivity index (χ1) is 9.10. The van der Waals surface area contributed by atoms with Crippen molar-refractivity contribution in [3.05, 3.63) is 29.3 Å². The summed E-state index contributed by atoms with van der Waals surface area (Å²) in [5.41, 5.74) is 5.66. The van der Waals surface area contributed by atoms with Crippen LogP contribution in [0, 0.1) is 5.92 Å². The molecule has 1 aliphatic rings. The number of hydrogen-bond donors (Lipinski definition) is 1. The Kier molecular flexibility index (Phi) is 4.66. The van der Waals surface area contributed by atoms with Crippen molar-refractivity contribution in [1.82, 2.24) is 4.90 Å². The van der Waals surface area contributed by atoms with Gasteiger partial charge in [-0.3, -0.25) is 4.79 Å². The minimum absolute atomic E-state index is 0.0124. The van der Waals surface area contributed by atoms with Gasteiger partial charge in [-0.05, 0) is 50.1 Å². The maximum atomic E-state index is 12.1. The zero-order chi connectivity index (χ0) is 13.8. The molecule has 2 unspecified atom stereocenters. The number of nitrogens with two attached hydrogens (primary N) is 1. The Morgan fingerprint density at radius 1 is 1.47 bits per heavy atom. The average Bonchev–Trinajstić information content (AvgIpc) is 2.79. The highest BCUT2D eigenvalue weighted by atomic mass is 35.5. The highest BCUT2D eigenvalue weighted by molar-refractivity contribution is 6.30. The number of carbonyl (C=O) groups excluding carboxylic acids is 1. The van der Waals surface area contributed by atoms with E-state index in [1.165, 1.54) is 0 Å². The Morgan fingerprint density at radius 2 is 2.16 bits per heavy atom. The summed E-state index contributed by atoms with van der Waals surface area (Å²) in [5, 5.41) is 0.651. The third-order valence-corrected chi connectivity index (χ3v) is 3.74. The highest BCUT2D eigenvalue weighted by Crippen LogP contribution is 2.22. The van der Waals surface area contributed by atoms with Gasteiger partial charge in [-0.2, -0.15) is 0 Å². The number of hydrogen-bond acceptors (Lipinski definition) is 3. The number of amides is 1. The molecule has 1 aliphatic heterocycles. The van der Waals surface area contributed by atoms with E-state index in [1.54, 1.807) is 24.3 Å². The van der Waals surface area contributed by atoms with Crippen LogP contribution in [-0.4, -0.2) is 36.5 Å². The first kappa shape index (κ1) is 14.2. The van der Waals surface area contributed by atoms with Gasteiger partial charge in [-0.1, -0.05) is 11.6 Å². The Hall–Kier alpha value is -1.26. The molecule has 0 saturated carbocycles. The van der Waals surface area contributed by atoms with Crippen LogP contribution in [-0.2, 0) is 4.79 Å². The highest BCUT2D eigenvalue weighted by Gasteiger charge is 2.31.